The Hall–Kier alpha value is -1.83. The van der Waals surface area contributed by atoms with E-state index in [0.29, 0.717) is 43.2 Å². The molecular formula is C19H24FN3O3. The van der Waals surface area contributed by atoms with Crippen LogP contribution in [0.5, 0.6) is 0 Å². The van der Waals surface area contributed by atoms with Crippen LogP contribution in [0.2, 0.25) is 0 Å². The number of hydrogen-bond donors (Lipinski definition) is 0. The summed E-state index contributed by atoms with van der Waals surface area (Å²) in [6, 6.07) is 4.13. The van der Waals surface area contributed by atoms with Crippen molar-refractivity contribution in [1.29, 1.82) is 0 Å². The summed E-state index contributed by atoms with van der Waals surface area (Å²) < 4.78 is 26.1. The van der Waals surface area contributed by atoms with Crippen LogP contribution < -0.4 is 5.56 Å². The molecule has 2 fully saturated rings. The Morgan fingerprint density at radius 3 is 2.81 bits per heavy atom. The van der Waals surface area contributed by atoms with Crippen molar-refractivity contribution < 1.29 is 13.9 Å². The van der Waals surface area contributed by atoms with Crippen LogP contribution in [-0.4, -0.2) is 60.0 Å². The molecule has 0 amide bonds. The van der Waals surface area contributed by atoms with Gasteiger partial charge in [0.25, 0.3) is 5.56 Å². The second kappa shape index (κ2) is 7.82. The maximum absolute atomic E-state index is 13.3. The lowest BCUT2D eigenvalue weighted by Crippen LogP contribution is -2.44. The number of benzene rings is 1. The number of rotatable bonds is 4. The van der Waals surface area contributed by atoms with Gasteiger partial charge in [0.15, 0.2) is 0 Å². The lowest BCUT2D eigenvalue weighted by atomic mass is 9.96. The molecule has 4 rings (SSSR count). The zero-order chi connectivity index (χ0) is 17.9. The van der Waals surface area contributed by atoms with E-state index in [1.165, 1.54) is 18.2 Å². The summed E-state index contributed by atoms with van der Waals surface area (Å²) in [6.45, 7) is 5.64. The molecule has 0 aliphatic carbocycles. The molecule has 0 saturated carbocycles. The Morgan fingerprint density at radius 1 is 1.19 bits per heavy atom. The van der Waals surface area contributed by atoms with Crippen molar-refractivity contribution in [2.45, 2.75) is 25.5 Å². The lowest BCUT2D eigenvalue weighted by Gasteiger charge is -2.35. The van der Waals surface area contributed by atoms with Gasteiger partial charge >= 0.3 is 0 Å². The Labute approximate surface area is 151 Å². The smallest absolute Gasteiger partial charge is 0.261 e. The van der Waals surface area contributed by atoms with Gasteiger partial charge in [-0.2, -0.15) is 0 Å². The van der Waals surface area contributed by atoms with Crippen molar-refractivity contribution in [1.82, 2.24) is 14.5 Å². The van der Waals surface area contributed by atoms with Crippen LogP contribution in [0.25, 0.3) is 10.9 Å². The van der Waals surface area contributed by atoms with Gasteiger partial charge in [-0.1, -0.05) is 0 Å². The molecule has 1 aromatic carbocycles. The maximum atomic E-state index is 13.3. The summed E-state index contributed by atoms with van der Waals surface area (Å²) in [7, 11) is 0. The largest absolute Gasteiger partial charge is 0.376 e. The van der Waals surface area contributed by atoms with Gasteiger partial charge in [-0.3, -0.25) is 9.36 Å². The summed E-state index contributed by atoms with van der Waals surface area (Å²) in [6.07, 6.45) is 3.81. The van der Waals surface area contributed by atoms with E-state index < -0.39 is 0 Å². The predicted molar refractivity (Wildman–Crippen MR) is 95.7 cm³/mol. The first-order chi connectivity index (χ1) is 12.7. The first-order valence-corrected chi connectivity index (χ1v) is 9.25. The van der Waals surface area contributed by atoms with Crippen molar-refractivity contribution in [3.05, 3.63) is 40.7 Å². The van der Waals surface area contributed by atoms with Gasteiger partial charge < -0.3 is 14.4 Å². The summed E-state index contributed by atoms with van der Waals surface area (Å²) in [5, 5.41) is 0.473. The fraction of sp³-hybridized carbons (Fsp3) is 0.579. The summed E-state index contributed by atoms with van der Waals surface area (Å²) >= 11 is 0. The number of aromatic nitrogens is 2. The third-order valence-electron chi connectivity index (χ3n) is 5.30. The fourth-order valence-electron chi connectivity index (χ4n) is 3.82. The number of halogens is 1. The van der Waals surface area contributed by atoms with E-state index >= 15 is 0 Å². The molecule has 2 aliphatic rings. The van der Waals surface area contributed by atoms with Crippen LogP contribution in [0, 0.1) is 11.7 Å². The Kier molecular flexibility index (Phi) is 5.28. The van der Waals surface area contributed by atoms with E-state index in [4.69, 9.17) is 9.47 Å². The molecule has 0 N–H and O–H groups in total. The topological polar surface area (TPSA) is 56.6 Å². The zero-order valence-electron chi connectivity index (χ0n) is 14.8. The van der Waals surface area contributed by atoms with Gasteiger partial charge in [-0.15, -0.1) is 0 Å². The highest BCUT2D eigenvalue weighted by Gasteiger charge is 2.24. The molecular weight excluding hydrogens is 337 g/mol. The van der Waals surface area contributed by atoms with Crippen LogP contribution in [0.4, 0.5) is 4.39 Å². The summed E-state index contributed by atoms with van der Waals surface area (Å²) in [4.78, 5) is 19.3. The predicted octanol–water partition coefficient (Wildman–Crippen LogP) is 1.66. The van der Waals surface area contributed by atoms with Crippen LogP contribution >= 0.6 is 0 Å². The molecule has 3 heterocycles. The summed E-state index contributed by atoms with van der Waals surface area (Å²) in [5.41, 5.74) is 0.320. The standard InChI is InChI=1S/C19H24FN3O3/c20-15-1-2-17-18(9-15)21-13-23(19(17)24)10-14-3-5-22(6-4-14)11-16-12-25-7-8-26-16/h1-2,9,13-14,16H,3-8,10-12H2. The van der Waals surface area contributed by atoms with Crippen LogP contribution in [0.3, 0.4) is 0 Å². The van der Waals surface area contributed by atoms with Crippen LogP contribution in [0.15, 0.2) is 29.3 Å². The molecule has 6 nitrogen and oxygen atoms in total. The normalized spacial score (nSPS) is 22.7. The Morgan fingerprint density at radius 2 is 2.04 bits per heavy atom. The molecule has 7 heteroatoms. The maximum Gasteiger partial charge on any atom is 0.261 e. The van der Waals surface area contributed by atoms with Gasteiger partial charge in [-0.05, 0) is 44.0 Å². The molecule has 140 valence electrons. The molecule has 1 unspecified atom stereocenters. The third kappa shape index (κ3) is 3.95. The fourth-order valence-corrected chi connectivity index (χ4v) is 3.82. The first kappa shape index (κ1) is 17.6. The molecule has 2 aliphatic heterocycles. The van der Waals surface area contributed by atoms with Crippen molar-refractivity contribution >= 4 is 10.9 Å². The van der Waals surface area contributed by atoms with Gasteiger partial charge in [0.05, 0.1) is 43.2 Å². The Balaban J connectivity index is 1.35. The van der Waals surface area contributed by atoms with Gasteiger partial charge in [-0.25, -0.2) is 9.37 Å². The molecule has 2 saturated heterocycles. The molecule has 0 radical (unpaired) electrons. The van der Waals surface area contributed by atoms with Gasteiger partial charge in [0.1, 0.15) is 5.82 Å². The number of nitrogens with zero attached hydrogens (tertiary/aromatic N) is 3. The minimum atomic E-state index is -0.373. The monoisotopic (exact) mass is 361 g/mol. The molecule has 1 aromatic heterocycles. The number of ether oxygens (including phenoxy) is 2. The van der Waals surface area contributed by atoms with E-state index in [-0.39, 0.29) is 17.5 Å². The quantitative estimate of drug-likeness (QED) is 0.829. The first-order valence-electron chi connectivity index (χ1n) is 9.25. The average Bonchev–Trinajstić information content (AvgIpc) is 2.66. The molecule has 1 atom stereocenters. The Bertz CT molecular complexity index is 811. The lowest BCUT2D eigenvalue weighted by molar-refractivity contribution is -0.0994. The summed E-state index contributed by atoms with van der Waals surface area (Å²) in [5.74, 6) is 0.0778. The van der Waals surface area contributed by atoms with E-state index in [2.05, 4.69) is 9.88 Å². The van der Waals surface area contributed by atoms with E-state index in [1.807, 2.05) is 0 Å². The average molecular weight is 361 g/mol. The third-order valence-corrected chi connectivity index (χ3v) is 5.30. The van der Waals surface area contributed by atoms with E-state index in [1.54, 1.807) is 10.9 Å². The number of fused-ring (bicyclic) bond motifs is 1. The second-order valence-electron chi connectivity index (χ2n) is 7.18. The van der Waals surface area contributed by atoms with Crippen molar-refractivity contribution in [3.63, 3.8) is 0 Å². The van der Waals surface area contributed by atoms with Gasteiger partial charge in [0.2, 0.25) is 0 Å². The number of hydrogen-bond acceptors (Lipinski definition) is 5. The highest BCUT2D eigenvalue weighted by atomic mass is 19.1. The van der Waals surface area contributed by atoms with Crippen molar-refractivity contribution in [2.24, 2.45) is 5.92 Å². The van der Waals surface area contributed by atoms with E-state index in [9.17, 15) is 9.18 Å². The van der Waals surface area contributed by atoms with Crippen molar-refractivity contribution in [3.8, 4) is 0 Å². The molecule has 0 spiro atoms. The number of likely N-dealkylation sites (tertiary alicyclic amines) is 1. The zero-order valence-corrected chi connectivity index (χ0v) is 14.8. The number of piperidine rings is 1. The second-order valence-corrected chi connectivity index (χ2v) is 7.18. The highest BCUT2D eigenvalue weighted by molar-refractivity contribution is 5.77. The SMILES string of the molecule is O=c1c2ccc(F)cc2ncn1CC1CCN(CC2COCCO2)CC1. The van der Waals surface area contributed by atoms with Crippen LogP contribution in [0.1, 0.15) is 12.8 Å². The van der Waals surface area contributed by atoms with Crippen LogP contribution in [-0.2, 0) is 16.0 Å². The molecule has 0 bridgehead atoms. The highest BCUT2D eigenvalue weighted by Crippen LogP contribution is 2.20. The minimum absolute atomic E-state index is 0.0924. The molecule has 2 aromatic rings. The minimum Gasteiger partial charge on any atom is -0.376 e. The van der Waals surface area contributed by atoms with Crippen molar-refractivity contribution in [2.75, 3.05) is 39.5 Å². The molecule has 26 heavy (non-hydrogen) atoms. The van der Waals surface area contributed by atoms with Gasteiger partial charge in [0, 0.05) is 19.2 Å². The van der Waals surface area contributed by atoms with E-state index in [0.717, 1.165) is 32.5 Å².